The van der Waals surface area contributed by atoms with Gasteiger partial charge in [0.25, 0.3) is 0 Å². The molecule has 0 fully saturated rings. The van der Waals surface area contributed by atoms with Crippen LogP contribution in [0.25, 0.3) is 0 Å². The van der Waals surface area contributed by atoms with Gasteiger partial charge in [-0.1, -0.05) is 21.7 Å². The normalized spacial score (nSPS) is 10.1. The first-order valence-corrected chi connectivity index (χ1v) is 5.67. The maximum absolute atomic E-state index is 5.16. The van der Waals surface area contributed by atoms with Gasteiger partial charge < -0.3 is 10.1 Å². The second-order valence-electron chi connectivity index (χ2n) is 3.20. The Kier molecular flexibility index (Phi) is 3.66. The molecular formula is C10H12N4OS. The minimum absolute atomic E-state index is 0.753. The van der Waals surface area contributed by atoms with E-state index in [2.05, 4.69) is 26.2 Å². The van der Waals surface area contributed by atoms with Crippen LogP contribution in [0.15, 0.2) is 24.3 Å². The van der Waals surface area contributed by atoms with Gasteiger partial charge in [-0.25, -0.2) is 0 Å². The lowest BCUT2D eigenvalue weighted by Crippen LogP contribution is -2.04. The number of anilines is 1. The van der Waals surface area contributed by atoms with Gasteiger partial charge in [0, 0.05) is 18.1 Å². The standard InChI is InChI=1S/C10H12N4OS/c1-15-9-4-2-3-8(7-9)5-6-11-10-12-13-14-16-10/h2-4,7H,5-6H2,1H3,(H,11,12,14). The molecule has 0 unspecified atom stereocenters. The Morgan fingerprint density at radius 1 is 1.44 bits per heavy atom. The molecule has 0 spiro atoms. The fraction of sp³-hybridized carbons (Fsp3) is 0.300. The van der Waals surface area contributed by atoms with Crippen molar-refractivity contribution in [1.29, 1.82) is 0 Å². The Balaban J connectivity index is 1.85. The summed E-state index contributed by atoms with van der Waals surface area (Å²) in [6, 6.07) is 8.02. The van der Waals surface area contributed by atoms with E-state index >= 15 is 0 Å². The molecular weight excluding hydrogens is 224 g/mol. The van der Waals surface area contributed by atoms with Crippen molar-refractivity contribution in [2.24, 2.45) is 0 Å². The Hall–Kier alpha value is -1.69. The third kappa shape index (κ3) is 2.90. The molecule has 2 rings (SSSR count). The van der Waals surface area contributed by atoms with Gasteiger partial charge in [0.1, 0.15) is 5.75 Å². The number of nitrogens with zero attached hydrogens (tertiary/aromatic N) is 3. The summed E-state index contributed by atoms with van der Waals surface area (Å²) >= 11 is 1.26. The first kappa shape index (κ1) is 10.8. The third-order valence-corrected chi connectivity index (χ3v) is 2.68. The van der Waals surface area contributed by atoms with E-state index in [-0.39, 0.29) is 0 Å². The molecule has 84 valence electrons. The van der Waals surface area contributed by atoms with Crippen LogP contribution in [0.5, 0.6) is 5.75 Å². The van der Waals surface area contributed by atoms with E-state index in [0.29, 0.717) is 0 Å². The fourth-order valence-corrected chi connectivity index (χ4v) is 1.73. The van der Waals surface area contributed by atoms with Crippen molar-refractivity contribution in [3.63, 3.8) is 0 Å². The lowest BCUT2D eigenvalue weighted by molar-refractivity contribution is 0.414. The minimum atomic E-state index is 0.753. The summed E-state index contributed by atoms with van der Waals surface area (Å²) in [5, 5.41) is 11.2. The Labute approximate surface area is 97.6 Å². The second-order valence-corrected chi connectivity index (χ2v) is 3.93. The summed E-state index contributed by atoms with van der Waals surface area (Å²) in [5.74, 6) is 0.884. The molecule has 0 aliphatic rings. The van der Waals surface area contributed by atoms with Gasteiger partial charge in [-0.2, -0.15) is 0 Å². The fourth-order valence-electron chi connectivity index (χ4n) is 1.34. The molecule has 0 bridgehead atoms. The highest BCUT2D eigenvalue weighted by molar-refractivity contribution is 7.09. The molecule has 0 radical (unpaired) electrons. The molecule has 0 amide bonds. The molecule has 1 aromatic carbocycles. The average molecular weight is 236 g/mol. The summed E-state index contributed by atoms with van der Waals surface area (Å²) in [6.07, 6.45) is 0.913. The van der Waals surface area contributed by atoms with E-state index in [9.17, 15) is 0 Å². The van der Waals surface area contributed by atoms with Gasteiger partial charge in [-0.3, -0.25) is 0 Å². The van der Waals surface area contributed by atoms with Gasteiger partial charge in [0.2, 0.25) is 5.13 Å². The average Bonchev–Trinajstić information content (AvgIpc) is 2.82. The number of aromatic nitrogens is 3. The van der Waals surface area contributed by atoms with Crippen molar-refractivity contribution in [1.82, 2.24) is 14.8 Å². The van der Waals surface area contributed by atoms with E-state index < -0.39 is 0 Å². The summed E-state index contributed by atoms with van der Waals surface area (Å²) < 4.78 is 8.83. The third-order valence-electron chi connectivity index (χ3n) is 2.12. The molecule has 0 aliphatic heterocycles. The largest absolute Gasteiger partial charge is 0.497 e. The number of rotatable bonds is 5. The van der Waals surface area contributed by atoms with Crippen LogP contribution >= 0.6 is 11.5 Å². The predicted molar refractivity (Wildman–Crippen MR) is 62.9 cm³/mol. The van der Waals surface area contributed by atoms with E-state index in [1.165, 1.54) is 17.1 Å². The van der Waals surface area contributed by atoms with Crippen molar-refractivity contribution < 1.29 is 4.74 Å². The molecule has 1 aromatic heterocycles. The predicted octanol–water partition coefficient (Wildman–Crippen LogP) is 1.60. The quantitative estimate of drug-likeness (QED) is 0.854. The number of ether oxygens (including phenoxy) is 1. The number of hydrogen-bond acceptors (Lipinski definition) is 6. The van der Waals surface area contributed by atoms with Crippen molar-refractivity contribution >= 4 is 16.7 Å². The zero-order valence-electron chi connectivity index (χ0n) is 8.88. The van der Waals surface area contributed by atoms with Gasteiger partial charge in [-0.05, 0) is 29.3 Å². The topological polar surface area (TPSA) is 59.9 Å². The van der Waals surface area contributed by atoms with E-state index in [1.807, 2.05) is 18.2 Å². The lowest BCUT2D eigenvalue weighted by Gasteiger charge is -2.04. The summed E-state index contributed by atoms with van der Waals surface area (Å²) in [7, 11) is 1.67. The Bertz CT molecular complexity index is 432. The van der Waals surface area contributed by atoms with E-state index in [4.69, 9.17) is 4.74 Å². The maximum Gasteiger partial charge on any atom is 0.225 e. The van der Waals surface area contributed by atoms with Gasteiger partial charge in [-0.15, -0.1) is 0 Å². The van der Waals surface area contributed by atoms with Crippen LogP contribution in [0.1, 0.15) is 5.56 Å². The van der Waals surface area contributed by atoms with Gasteiger partial charge in [0.15, 0.2) is 0 Å². The number of hydrogen-bond donors (Lipinski definition) is 1. The Morgan fingerprint density at radius 3 is 3.12 bits per heavy atom. The first-order chi connectivity index (χ1) is 7.88. The zero-order chi connectivity index (χ0) is 11.2. The van der Waals surface area contributed by atoms with E-state index in [1.54, 1.807) is 7.11 Å². The highest BCUT2D eigenvalue weighted by Crippen LogP contribution is 2.13. The van der Waals surface area contributed by atoms with Crippen LogP contribution in [0.4, 0.5) is 5.13 Å². The molecule has 0 saturated heterocycles. The van der Waals surface area contributed by atoms with Crippen LogP contribution in [0, 0.1) is 0 Å². The highest BCUT2D eigenvalue weighted by atomic mass is 32.1. The highest BCUT2D eigenvalue weighted by Gasteiger charge is 1.98. The van der Waals surface area contributed by atoms with Crippen LogP contribution in [0.2, 0.25) is 0 Å². The smallest absolute Gasteiger partial charge is 0.225 e. The van der Waals surface area contributed by atoms with Crippen LogP contribution in [-0.2, 0) is 6.42 Å². The summed E-state index contributed by atoms with van der Waals surface area (Å²) in [5.41, 5.74) is 1.23. The molecule has 0 atom stereocenters. The maximum atomic E-state index is 5.16. The number of nitrogens with one attached hydrogen (secondary N) is 1. The molecule has 5 nitrogen and oxygen atoms in total. The Morgan fingerprint density at radius 2 is 2.38 bits per heavy atom. The SMILES string of the molecule is COc1cccc(CCNc2nnns2)c1. The molecule has 1 heterocycles. The molecule has 1 N–H and O–H groups in total. The molecule has 2 aromatic rings. The van der Waals surface area contributed by atoms with Crippen molar-refractivity contribution in [3.8, 4) is 5.75 Å². The summed E-state index contributed by atoms with van der Waals surface area (Å²) in [6.45, 7) is 0.810. The monoisotopic (exact) mass is 236 g/mol. The number of methoxy groups -OCH3 is 1. The second kappa shape index (κ2) is 5.41. The van der Waals surface area contributed by atoms with Gasteiger partial charge >= 0.3 is 0 Å². The molecule has 16 heavy (non-hydrogen) atoms. The summed E-state index contributed by atoms with van der Waals surface area (Å²) in [4.78, 5) is 0. The minimum Gasteiger partial charge on any atom is -0.497 e. The van der Waals surface area contributed by atoms with Crippen molar-refractivity contribution in [2.45, 2.75) is 6.42 Å². The van der Waals surface area contributed by atoms with Crippen LogP contribution < -0.4 is 10.1 Å². The van der Waals surface area contributed by atoms with Crippen LogP contribution in [0.3, 0.4) is 0 Å². The van der Waals surface area contributed by atoms with E-state index in [0.717, 1.165) is 23.8 Å². The first-order valence-electron chi connectivity index (χ1n) is 4.90. The molecule has 0 saturated carbocycles. The lowest BCUT2D eigenvalue weighted by atomic mass is 10.1. The van der Waals surface area contributed by atoms with Crippen LogP contribution in [-0.4, -0.2) is 28.5 Å². The van der Waals surface area contributed by atoms with Crippen molar-refractivity contribution in [3.05, 3.63) is 29.8 Å². The molecule has 0 aliphatic carbocycles. The molecule has 6 heteroatoms. The number of benzene rings is 1. The van der Waals surface area contributed by atoms with Crippen molar-refractivity contribution in [2.75, 3.05) is 19.0 Å². The zero-order valence-corrected chi connectivity index (χ0v) is 9.70. The van der Waals surface area contributed by atoms with Gasteiger partial charge in [0.05, 0.1) is 7.11 Å².